The smallest absolute Gasteiger partial charge is 0.251 e. The van der Waals surface area contributed by atoms with Gasteiger partial charge in [0, 0.05) is 30.1 Å². The molecule has 1 N–H and O–H groups in total. The Labute approximate surface area is 160 Å². The number of carbonyl (C=O) groups is 1. The van der Waals surface area contributed by atoms with Crippen molar-refractivity contribution in [2.24, 2.45) is 0 Å². The van der Waals surface area contributed by atoms with Crippen LogP contribution in [0.2, 0.25) is 0 Å². The van der Waals surface area contributed by atoms with Crippen LogP contribution in [0.5, 0.6) is 0 Å². The number of nitrogens with zero attached hydrogens (tertiary/aromatic N) is 1. The fourth-order valence-corrected chi connectivity index (χ4v) is 4.05. The molecule has 3 rings (SSSR count). The maximum absolute atomic E-state index is 12.6. The molecule has 0 radical (unpaired) electrons. The Balaban J connectivity index is 1.65. The van der Waals surface area contributed by atoms with Gasteiger partial charge in [-0.15, -0.1) is 11.3 Å². The molecule has 2 heterocycles. The number of amides is 1. The summed E-state index contributed by atoms with van der Waals surface area (Å²) in [6, 6.07) is 12.4. The van der Waals surface area contributed by atoms with Crippen molar-refractivity contribution in [1.29, 1.82) is 0 Å². The number of morpholine rings is 1. The number of benzene rings is 1. The Morgan fingerprint density at radius 3 is 2.46 bits per heavy atom. The zero-order chi connectivity index (χ0) is 18.6. The van der Waals surface area contributed by atoms with Crippen LogP contribution in [-0.4, -0.2) is 43.7 Å². The van der Waals surface area contributed by atoms with Crippen LogP contribution in [0.4, 0.5) is 0 Å². The largest absolute Gasteiger partial charge is 0.379 e. The summed E-state index contributed by atoms with van der Waals surface area (Å²) in [4.78, 5) is 16.3. The van der Waals surface area contributed by atoms with Crippen LogP contribution in [0.15, 0.2) is 41.8 Å². The SMILES string of the molecule is CC(C)(C)c1ccc(C(=O)NC[C@@H](c2cccs2)N2CCOCC2)cc1. The summed E-state index contributed by atoms with van der Waals surface area (Å²) in [5, 5.41) is 5.22. The Bertz CT molecular complexity index is 699. The minimum atomic E-state index is -0.0136. The van der Waals surface area contributed by atoms with Gasteiger partial charge in [0.15, 0.2) is 0 Å². The third-order valence-electron chi connectivity index (χ3n) is 4.83. The molecule has 26 heavy (non-hydrogen) atoms. The van der Waals surface area contributed by atoms with Gasteiger partial charge in [-0.25, -0.2) is 0 Å². The van der Waals surface area contributed by atoms with Crippen molar-refractivity contribution < 1.29 is 9.53 Å². The summed E-state index contributed by atoms with van der Waals surface area (Å²) in [7, 11) is 0. The molecule has 0 unspecified atom stereocenters. The molecule has 0 aliphatic carbocycles. The maximum atomic E-state index is 12.6. The zero-order valence-corrected chi connectivity index (χ0v) is 16.6. The summed E-state index contributed by atoms with van der Waals surface area (Å²) < 4.78 is 5.48. The number of hydrogen-bond acceptors (Lipinski definition) is 4. The number of carbonyl (C=O) groups excluding carboxylic acids is 1. The first kappa shape index (κ1) is 19.1. The molecule has 1 amide bonds. The van der Waals surface area contributed by atoms with E-state index in [0.717, 1.165) is 26.3 Å². The third-order valence-corrected chi connectivity index (χ3v) is 5.80. The first-order valence-corrected chi connectivity index (χ1v) is 10.1. The first-order valence-electron chi connectivity index (χ1n) is 9.19. The second-order valence-corrected chi connectivity index (χ2v) is 8.70. The molecule has 4 nitrogen and oxygen atoms in total. The molecule has 0 bridgehead atoms. The van der Waals surface area contributed by atoms with Crippen molar-refractivity contribution in [1.82, 2.24) is 10.2 Å². The van der Waals surface area contributed by atoms with Crippen molar-refractivity contribution in [2.75, 3.05) is 32.8 Å². The fraction of sp³-hybridized carbons (Fsp3) is 0.476. The molecule has 5 heteroatoms. The summed E-state index contributed by atoms with van der Waals surface area (Å²) in [6.45, 7) is 10.5. The molecule has 1 aromatic heterocycles. The lowest BCUT2D eigenvalue weighted by Crippen LogP contribution is -2.43. The molecule has 1 saturated heterocycles. The second kappa shape index (κ2) is 8.33. The van der Waals surface area contributed by atoms with Crippen LogP contribution in [0.25, 0.3) is 0 Å². The topological polar surface area (TPSA) is 41.6 Å². The van der Waals surface area contributed by atoms with Crippen molar-refractivity contribution >= 4 is 17.2 Å². The number of nitrogens with one attached hydrogen (secondary N) is 1. The molecule has 1 aliphatic heterocycles. The minimum Gasteiger partial charge on any atom is -0.379 e. The van der Waals surface area contributed by atoms with E-state index in [1.807, 2.05) is 24.3 Å². The molecule has 2 aromatic rings. The average Bonchev–Trinajstić information content (AvgIpc) is 3.16. The van der Waals surface area contributed by atoms with E-state index in [1.54, 1.807) is 11.3 Å². The molecule has 1 aliphatic rings. The lowest BCUT2D eigenvalue weighted by atomic mass is 9.87. The zero-order valence-electron chi connectivity index (χ0n) is 15.8. The number of ether oxygens (including phenoxy) is 1. The summed E-state index contributed by atoms with van der Waals surface area (Å²) in [5.41, 5.74) is 2.04. The Hall–Kier alpha value is -1.69. The molecule has 140 valence electrons. The van der Waals surface area contributed by atoms with Gasteiger partial charge in [0.25, 0.3) is 5.91 Å². The highest BCUT2D eigenvalue weighted by molar-refractivity contribution is 7.10. The van der Waals surface area contributed by atoms with Gasteiger partial charge < -0.3 is 10.1 Å². The van der Waals surface area contributed by atoms with Crippen LogP contribution >= 0.6 is 11.3 Å². The monoisotopic (exact) mass is 372 g/mol. The van der Waals surface area contributed by atoms with Crippen molar-refractivity contribution in [2.45, 2.75) is 32.2 Å². The lowest BCUT2D eigenvalue weighted by molar-refractivity contribution is 0.0169. The van der Waals surface area contributed by atoms with E-state index in [-0.39, 0.29) is 17.4 Å². The van der Waals surface area contributed by atoms with Crippen LogP contribution < -0.4 is 5.32 Å². The highest BCUT2D eigenvalue weighted by atomic mass is 32.1. The third kappa shape index (κ3) is 4.72. The fourth-order valence-electron chi connectivity index (χ4n) is 3.19. The van der Waals surface area contributed by atoms with E-state index in [1.165, 1.54) is 10.4 Å². The molecular weight excluding hydrogens is 344 g/mol. The van der Waals surface area contributed by atoms with Gasteiger partial charge in [0.05, 0.1) is 19.3 Å². The van der Waals surface area contributed by atoms with Crippen molar-refractivity contribution in [3.8, 4) is 0 Å². The van der Waals surface area contributed by atoms with E-state index in [4.69, 9.17) is 4.74 Å². The van der Waals surface area contributed by atoms with E-state index in [9.17, 15) is 4.79 Å². The molecule has 0 saturated carbocycles. The minimum absolute atomic E-state index is 0.0136. The van der Waals surface area contributed by atoms with Gasteiger partial charge >= 0.3 is 0 Å². The predicted molar refractivity (Wildman–Crippen MR) is 107 cm³/mol. The highest BCUT2D eigenvalue weighted by Crippen LogP contribution is 2.26. The molecule has 1 atom stereocenters. The van der Waals surface area contributed by atoms with E-state index in [2.05, 4.69) is 48.5 Å². The van der Waals surface area contributed by atoms with Crippen molar-refractivity contribution in [3.63, 3.8) is 0 Å². The Morgan fingerprint density at radius 1 is 1.19 bits per heavy atom. The van der Waals surface area contributed by atoms with Gasteiger partial charge in [-0.3, -0.25) is 9.69 Å². The van der Waals surface area contributed by atoms with Crippen LogP contribution in [0.3, 0.4) is 0 Å². The van der Waals surface area contributed by atoms with Gasteiger partial charge in [0.2, 0.25) is 0 Å². The summed E-state index contributed by atoms with van der Waals surface area (Å²) in [6.07, 6.45) is 0. The molecule has 1 fully saturated rings. The lowest BCUT2D eigenvalue weighted by Gasteiger charge is -2.34. The van der Waals surface area contributed by atoms with Crippen molar-refractivity contribution in [3.05, 3.63) is 57.8 Å². The normalized spacial score (nSPS) is 17.0. The van der Waals surface area contributed by atoms with Crippen LogP contribution in [-0.2, 0) is 10.2 Å². The second-order valence-electron chi connectivity index (χ2n) is 7.72. The quantitative estimate of drug-likeness (QED) is 0.867. The van der Waals surface area contributed by atoms with E-state index in [0.29, 0.717) is 12.1 Å². The summed E-state index contributed by atoms with van der Waals surface area (Å²) in [5.74, 6) is -0.0136. The van der Waals surface area contributed by atoms with Crippen LogP contribution in [0.1, 0.15) is 47.6 Å². The van der Waals surface area contributed by atoms with Gasteiger partial charge in [0.1, 0.15) is 0 Å². The molecular formula is C21H28N2O2S. The first-order chi connectivity index (χ1) is 12.4. The molecule has 0 spiro atoms. The van der Waals surface area contributed by atoms with Gasteiger partial charge in [-0.2, -0.15) is 0 Å². The number of thiophene rings is 1. The Kier molecular flexibility index (Phi) is 6.12. The number of rotatable bonds is 5. The predicted octanol–water partition coefficient (Wildman–Crippen LogP) is 3.85. The maximum Gasteiger partial charge on any atom is 0.251 e. The average molecular weight is 373 g/mol. The highest BCUT2D eigenvalue weighted by Gasteiger charge is 2.24. The van der Waals surface area contributed by atoms with E-state index < -0.39 is 0 Å². The van der Waals surface area contributed by atoms with Crippen LogP contribution in [0, 0.1) is 0 Å². The summed E-state index contributed by atoms with van der Waals surface area (Å²) >= 11 is 1.74. The standard InChI is InChI=1S/C21H28N2O2S/c1-21(2,3)17-8-6-16(7-9-17)20(24)22-15-18(19-5-4-14-26-19)23-10-12-25-13-11-23/h4-9,14,18H,10-13,15H2,1-3H3,(H,22,24)/t18-/m0/s1. The van der Waals surface area contributed by atoms with Gasteiger partial charge in [-0.05, 0) is 34.6 Å². The number of hydrogen-bond donors (Lipinski definition) is 1. The van der Waals surface area contributed by atoms with E-state index >= 15 is 0 Å². The molecule has 1 aromatic carbocycles. The Morgan fingerprint density at radius 2 is 1.88 bits per heavy atom. The van der Waals surface area contributed by atoms with Gasteiger partial charge in [-0.1, -0.05) is 39.0 Å².